The van der Waals surface area contributed by atoms with Crippen LogP contribution >= 0.6 is 0 Å². The number of benzene rings is 2. The molecule has 138 valence electrons. The van der Waals surface area contributed by atoms with Gasteiger partial charge in [-0.3, -0.25) is 4.79 Å². The van der Waals surface area contributed by atoms with E-state index in [0.717, 1.165) is 30.6 Å². The molecule has 0 aliphatic carbocycles. The van der Waals surface area contributed by atoms with Crippen LogP contribution in [0.1, 0.15) is 36.9 Å². The molecule has 5 nitrogen and oxygen atoms in total. The molecule has 2 unspecified atom stereocenters. The lowest BCUT2D eigenvalue weighted by molar-refractivity contribution is -0.122. The molecule has 3 N–H and O–H groups in total. The van der Waals surface area contributed by atoms with Gasteiger partial charge in [-0.25, -0.2) is 10.9 Å². The van der Waals surface area contributed by atoms with Crippen LogP contribution in [0.2, 0.25) is 0 Å². The van der Waals surface area contributed by atoms with Crippen LogP contribution in [0.5, 0.6) is 5.75 Å². The number of nitrogens with one attached hydrogen (secondary N) is 3. The zero-order valence-corrected chi connectivity index (χ0v) is 15.2. The largest absolute Gasteiger partial charge is 0.494 e. The molecular formula is C21H27N3O2. The Morgan fingerprint density at radius 1 is 1.12 bits per heavy atom. The molecule has 3 rings (SSSR count). The molecule has 1 heterocycles. The van der Waals surface area contributed by atoms with E-state index in [0.29, 0.717) is 13.2 Å². The number of hydrogen-bond donors (Lipinski definition) is 3. The molecule has 0 aromatic heterocycles. The first-order valence-corrected chi connectivity index (χ1v) is 9.31. The van der Waals surface area contributed by atoms with Crippen molar-refractivity contribution in [2.75, 3.05) is 13.2 Å². The highest BCUT2D eigenvalue weighted by atomic mass is 16.5. The third kappa shape index (κ3) is 5.07. The molecule has 5 heteroatoms. The lowest BCUT2D eigenvalue weighted by Gasteiger charge is -2.11. The molecular weight excluding hydrogens is 326 g/mol. The van der Waals surface area contributed by atoms with Crippen LogP contribution < -0.4 is 20.9 Å². The summed E-state index contributed by atoms with van der Waals surface area (Å²) in [6, 6.07) is 18.3. The van der Waals surface area contributed by atoms with E-state index in [2.05, 4.69) is 28.3 Å². The normalized spacial score (nSPS) is 19.3. The van der Waals surface area contributed by atoms with Crippen LogP contribution in [0.15, 0.2) is 54.6 Å². The molecule has 1 fully saturated rings. The van der Waals surface area contributed by atoms with Gasteiger partial charge in [-0.05, 0) is 49.4 Å². The summed E-state index contributed by atoms with van der Waals surface area (Å²) in [7, 11) is 0. The Labute approximate surface area is 155 Å². The molecule has 1 aliphatic rings. The maximum Gasteiger partial charge on any atom is 0.238 e. The number of rotatable bonds is 8. The average Bonchev–Trinajstić information content (AvgIpc) is 3.17. The number of amides is 1. The summed E-state index contributed by atoms with van der Waals surface area (Å²) >= 11 is 0. The maximum atomic E-state index is 12.3. The van der Waals surface area contributed by atoms with Gasteiger partial charge in [0.2, 0.25) is 5.91 Å². The number of hydrazine groups is 1. The van der Waals surface area contributed by atoms with E-state index < -0.39 is 0 Å². The Morgan fingerprint density at radius 3 is 2.62 bits per heavy atom. The summed E-state index contributed by atoms with van der Waals surface area (Å²) in [5.74, 6) is 0.925. The predicted molar refractivity (Wildman–Crippen MR) is 103 cm³/mol. The van der Waals surface area contributed by atoms with E-state index in [1.54, 1.807) is 0 Å². The fourth-order valence-electron chi connectivity index (χ4n) is 3.18. The molecule has 0 spiro atoms. The first-order valence-electron chi connectivity index (χ1n) is 9.31. The molecule has 2 aromatic rings. The van der Waals surface area contributed by atoms with Gasteiger partial charge in [-0.2, -0.15) is 0 Å². The SMILES string of the molecule is CCOc1ccc(C2CC(C(=O)NCCCc3ccccc3)NN2)cc1. The van der Waals surface area contributed by atoms with Crippen molar-refractivity contribution in [1.29, 1.82) is 0 Å². The number of carbonyl (C=O) groups excluding carboxylic acids is 1. The number of hydrogen-bond acceptors (Lipinski definition) is 4. The van der Waals surface area contributed by atoms with Crippen LogP contribution in [-0.4, -0.2) is 25.1 Å². The summed E-state index contributed by atoms with van der Waals surface area (Å²) in [4.78, 5) is 12.3. The Hall–Kier alpha value is -2.37. The molecule has 0 bridgehead atoms. The van der Waals surface area contributed by atoms with Crippen molar-refractivity contribution in [2.45, 2.75) is 38.3 Å². The summed E-state index contributed by atoms with van der Waals surface area (Å²) in [6.07, 6.45) is 2.66. The zero-order valence-electron chi connectivity index (χ0n) is 15.2. The minimum atomic E-state index is -0.205. The Balaban J connectivity index is 1.40. The van der Waals surface area contributed by atoms with Gasteiger partial charge < -0.3 is 10.1 Å². The highest BCUT2D eigenvalue weighted by Crippen LogP contribution is 2.24. The van der Waals surface area contributed by atoms with Gasteiger partial charge in [0.05, 0.1) is 6.61 Å². The second-order valence-electron chi connectivity index (χ2n) is 6.51. The van der Waals surface area contributed by atoms with Gasteiger partial charge >= 0.3 is 0 Å². The zero-order chi connectivity index (χ0) is 18.2. The Bertz CT molecular complexity index is 688. The van der Waals surface area contributed by atoms with Crippen LogP contribution in [-0.2, 0) is 11.2 Å². The summed E-state index contributed by atoms with van der Waals surface area (Å²) < 4.78 is 5.47. The lowest BCUT2D eigenvalue weighted by atomic mass is 10.0. The van der Waals surface area contributed by atoms with E-state index in [1.807, 2.05) is 49.4 Å². The second kappa shape index (κ2) is 9.36. The Kier molecular flexibility index (Phi) is 6.63. The quantitative estimate of drug-likeness (QED) is 0.639. The maximum absolute atomic E-state index is 12.3. The highest BCUT2D eigenvalue weighted by Gasteiger charge is 2.29. The number of aryl methyl sites for hydroxylation is 1. The molecule has 0 radical (unpaired) electrons. The van der Waals surface area contributed by atoms with Gasteiger partial charge in [0.25, 0.3) is 0 Å². The third-order valence-corrected chi connectivity index (χ3v) is 4.60. The topological polar surface area (TPSA) is 62.4 Å². The van der Waals surface area contributed by atoms with Crippen molar-refractivity contribution < 1.29 is 9.53 Å². The third-order valence-electron chi connectivity index (χ3n) is 4.60. The molecule has 1 amide bonds. The van der Waals surface area contributed by atoms with E-state index in [9.17, 15) is 4.79 Å². The number of carbonyl (C=O) groups is 1. The van der Waals surface area contributed by atoms with E-state index in [1.165, 1.54) is 5.56 Å². The summed E-state index contributed by atoms with van der Waals surface area (Å²) in [6.45, 7) is 3.33. The van der Waals surface area contributed by atoms with Crippen LogP contribution in [0.4, 0.5) is 0 Å². The van der Waals surface area contributed by atoms with E-state index in [-0.39, 0.29) is 18.0 Å². The van der Waals surface area contributed by atoms with Gasteiger partial charge in [0, 0.05) is 12.6 Å². The molecule has 2 atom stereocenters. The Morgan fingerprint density at radius 2 is 1.88 bits per heavy atom. The van der Waals surface area contributed by atoms with Crippen LogP contribution in [0.25, 0.3) is 0 Å². The van der Waals surface area contributed by atoms with Crippen molar-refractivity contribution in [3.8, 4) is 5.75 Å². The van der Waals surface area contributed by atoms with Gasteiger partial charge in [0.1, 0.15) is 11.8 Å². The molecule has 1 saturated heterocycles. The standard InChI is InChI=1S/C21H27N3O2/c1-2-26-18-12-10-17(11-13-18)19-15-20(24-23-19)21(25)22-14-6-9-16-7-4-3-5-8-16/h3-5,7-8,10-13,19-20,23-24H,2,6,9,14-15H2,1H3,(H,22,25). The van der Waals surface area contributed by atoms with Crippen molar-refractivity contribution in [1.82, 2.24) is 16.2 Å². The molecule has 1 aliphatic heterocycles. The van der Waals surface area contributed by atoms with Crippen molar-refractivity contribution >= 4 is 5.91 Å². The number of ether oxygens (including phenoxy) is 1. The molecule has 26 heavy (non-hydrogen) atoms. The highest BCUT2D eigenvalue weighted by molar-refractivity contribution is 5.82. The minimum Gasteiger partial charge on any atom is -0.494 e. The molecule has 0 saturated carbocycles. The minimum absolute atomic E-state index is 0.0546. The van der Waals surface area contributed by atoms with Crippen molar-refractivity contribution in [3.05, 3.63) is 65.7 Å². The lowest BCUT2D eigenvalue weighted by Crippen LogP contribution is -2.43. The van der Waals surface area contributed by atoms with Crippen molar-refractivity contribution in [3.63, 3.8) is 0 Å². The first kappa shape index (κ1) is 18.4. The van der Waals surface area contributed by atoms with Crippen molar-refractivity contribution in [2.24, 2.45) is 0 Å². The van der Waals surface area contributed by atoms with Gasteiger partial charge in [-0.1, -0.05) is 42.5 Å². The first-order chi connectivity index (χ1) is 12.8. The average molecular weight is 353 g/mol. The predicted octanol–water partition coefficient (Wildman–Crippen LogP) is 2.74. The molecule has 2 aromatic carbocycles. The van der Waals surface area contributed by atoms with Gasteiger partial charge in [-0.15, -0.1) is 0 Å². The van der Waals surface area contributed by atoms with Crippen LogP contribution in [0, 0.1) is 0 Å². The fourth-order valence-corrected chi connectivity index (χ4v) is 3.18. The summed E-state index contributed by atoms with van der Waals surface area (Å²) in [5.41, 5.74) is 8.79. The van der Waals surface area contributed by atoms with E-state index >= 15 is 0 Å². The van der Waals surface area contributed by atoms with E-state index in [4.69, 9.17) is 4.74 Å². The monoisotopic (exact) mass is 353 g/mol. The van der Waals surface area contributed by atoms with Gasteiger partial charge in [0.15, 0.2) is 0 Å². The smallest absolute Gasteiger partial charge is 0.238 e. The fraction of sp³-hybridized carbons (Fsp3) is 0.381. The second-order valence-corrected chi connectivity index (χ2v) is 6.51. The van der Waals surface area contributed by atoms with Crippen LogP contribution in [0.3, 0.4) is 0 Å². The summed E-state index contributed by atoms with van der Waals surface area (Å²) in [5, 5.41) is 3.03.